The molecule has 0 saturated heterocycles. The third kappa shape index (κ3) is 5.94. The first-order valence-electron chi connectivity index (χ1n) is 6.90. The first-order valence-corrected chi connectivity index (χ1v) is 8.38. The van der Waals surface area contributed by atoms with E-state index in [1.165, 1.54) is 19.2 Å². The number of halogens is 1. The van der Waals surface area contributed by atoms with E-state index in [1.54, 1.807) is 0 Å². The van der Waals surface area contributed by atoms with Crippen LogP contribution in [0.3, 0.4) is 0 Å². The average Bonchev–Trinajstić information content (AvgIpc) is 2.50. The van der Waals surface area contributed by atoms with Gasteiger partial charge >= 0.3 is 0 Å². The molecule has 3 N–H and O–H groups in total. The SMILES string of the molecule is CCCCC(CN)NS(=O)(=O)c1cc([N+](=O)[O-])ccc1OC.Cl. The van der Waals surface area contributed by atoms with Crippen LogP contribution in [0.4, 0.5) is 5.69 Å². The smallest absolute Gasteiger partial charge is 0.271 e. The van der Waals surface area contributed by atoms with Crippen molar-refractivity contribution in [1.82, 2.24) is 4.72 Å². The van der Waals surface area contributed by atoms with Crippen LogP contribution in [-0.4, -0.2) is 33.0 Å². The molecular weight excluding hydrogens is 346 g/mol. The van der Waals surface area contributed by atoms with E-state index in [-0.39, 0.29) is 35.3 Å². The lowest BCUT2D eigenvalue weighted by Gasteiger charge is -2.17. The molecule has 0 heterocycles. The maximum Gasteiger partial charge on any atom is 0.271 e. The standard InChI is InChI=1S/C13H21N3O5S.ClH/c1-3-4-5-10(9-14)15-22(19,20)13-8-11(16(17)18)6-7-12(13)21-2;/h6-8,10,15H,3-5,9,14H2,1-2H3;1H. The summed E-state index contributed by atoms with van der Waals surface area (Å²) in [7, 11) is -2.66. The molecule has 132 valence electrons. The maximum absolute atomic E-state index is 12.4. The van der Waals surface area contributed by atoms with Crippen LogP contribution in [0.5, 0.6) is 5.75 Å². The fourth-order valence-electron chi connectivity index (χ4n) is 1.95. The molecule has 0 aliphatic rings. The zero-order chi connectivity index (χ0) is 16.8. The lowest BCUT2D eigenvalue weighted by molar-refractivity contribution is -0.385. The van der Waals surface area contributed by atoms with Crippen LogP contribution >= 0.6 is 12.4 Å². The lowest BCUT2D eigenvalue weighted by atomic mass is 10.1. The van der Waals surface area contributed by atoms with Crippen LogP contribution in [-0.2, 0) is 10.0 Å². The Morgan fingerprint density at radius 1 is 1.43 bits per heavy atom. The van der Waals surface area contributed by atoms with Crippen LogP contribution in [0.15, 0.2) is 23.1 Å². The predicted octanol–water partition coefficient (Wildman–Crippen LogP) is 1.82. The van der Waals surface area contributed by atoms with Gasteiger partial charge in [-0.15, -0.1) is 12.4 Å². The summed E-state index contributed by atoms with van der Waals surface area (Å²) in [6, 6.07) is 3.01. The second-order valence-electron chi connectivity index (χ2n) is 4.79. The lowest BCUT2D eigenvalue weighted by Crippen LogP contribution is -2.40. The summed E-state index contributed by atoms with van der Waals surface area (Å²) in [5.41, 5.74) is 5.26. The van der Waals surface area contributed by atoms with Gasteiger partial charge in [0.05, 0.1) is 12.0 Å². The summed E-state index contributed by atoms with van der Waals surface area (Å²) in [5, 5.41) is 10.8. The van der Waals surface area contributed by atoms with Crippen molar-refractivity contribution < 1.29 is 18.1 Å². The number of sulfonamides is 1. The summed E-state index contributed by atoms with van der Waals surface area (Å²) in [6.45, 7) is 2.14. The molecule has 0 fully saturated rings. The highest BCUT2D eigenvalue weighted by Gasteiger charge is 2.25. The van der Waals surface area contributed by atoms with E-state index in [1.807, 2.05) is 6.92 Å². The Morgan fingerprint density at radius 3 is 2.57 bits per heavy atom. The number of hydrogen-bond donors (Lipinski definition) is 2. The minimum absolute atomic E-state index is 0. The van der Waals surface area contributed by atoms with E-state index in [4.69, 9.17) is 10.5 Å². The number of nitrogens with two attached hydrogens (primary N) is 1. The zero-order valence-electron chi connectivity index (χ0n) is 13.0. The van der Waals surface area contributed by atoms with Crippen molar-refractivity contribution >= 4 is 28.1 Å². The van der Waals surface area contributed by atoms with Gasteiger partial charge in [-0.3, -0.25) is 10.1 Å². The van der Waals surface area contributed by atoms with Gasteiger partial charge in [0, 0.05) is 24.7 Å². The average molecular weight is 368 g/mol. The Morgan fingerprint density at radius 2 is 2.09 bits per heavy atom. The second-order valence-corrected chi connectivity index (χ2v) is 6.47. The summed E-state index contributed by atoms with van der Waals surface area (Å²) >= 11 is 0. The summed E-state index contributed by atoms with van der Waals surface area (Å²) in [4.78, 5) is 9.91. The van der Waals surface area contributed by atoms with Crippen LogP contribution in [0.2, 0.25) is 0 Å². The number of nitrogens with zero attached hydrogens (tertiary/aromatic N) is 1. The van der Waals surface area contributed by atoms with Crippen molar-refractivity contribution in [3.05, 3.63) is 28.3 Å². The Labute approximate surface area is 142 Å². The molecule has 10 heteroatoms. The fraction of sp³-hybridized carbons (Fsp3) is 0.538. The van der Waals surface area contributed by atoms with Gasteiger partial charge in [0.1, 0.15) is 10.6 Å². The van der Waals surface area contributed by atoms with Crippen LogP contribution < -0.4 is 15.2 Å². The Kier molecular flexibility index (Phi) is 9.06. The van der Waals surface area contributed by atoms with Gasteiger partial charge in [-0.2, -0.15) is 0 Å². The van der Waals surface area contributed by atoms with Gasteiger partial charge in [0.2, 0.25) is 10.0 Å². The molecule has 0 bridgehead atoms. The predicted molar refractivity (Wildman–Crippen MR) is 89.6 cm³/mol. The van der Waals surface area contributed by atoms with Gasteiger partial charge in [-0.1, -0.05) is 19.8 Å². The van der Waals surface area contributed by atoms with Crippen molar-refractivity contribution in [2.75, 3.05) is 13.7 Å². The number of nitro groups is 1. The molecule has 0 amide bonds. The third-order valence-corrected chi connectivity index (χ3v) is 4.70. The number of hydrogen-bond acceptors (Lipinski definition) is 6. The van der Waals surface area contributed by atoms with E-state index >= 15 is 0 Å². The molecule has 23 heavy (non-hydrogen) atoms. The Balaban J connectivity index is 0.00000484. The first kappa shape index (κ1) is 21.6. The molecule has 1 rings (SSSR count). The minimum atomic E-state index is -3.96. The van der Waals surface area contributed by atoms with Crippen molar-refractivity contribution in [3.8, 4) is 5.75 Å². The number of unbranched alkanes of at least 4 members (excludes halogenated alkanes) is 1. The third-order valence-electron chi connectivity index (χ3n) is 3.16. The highest BCUT2D eigenvalue weighted by molar-refractivity contribution is 7.89. The highest BCUT2D eigenvalue weighted by atomic mass is 35.5. The number of ether oxygens (including phenoxy) is 1. The molecule has 1 atom stereocenters. The molecule has 0 aliphatic carbocycles. The van der Waals surface area contributed by atoms with E-state index in [0.29, 0.717) is 6.42 Å². The molecule has 0 saturated carbocycles. The zero-order valence-corrected chi connectivity index (χ0v) is 14.7. The second kappa shape index (κ2) is 9.66. The molecular formula is C13H22ClN3O5S. The highest BCUT2D eigenvalue weighted by Crippen LogP contribution is 2.28. The largest absolute Gasteiger partial charge is 0.495 e. The Bertz CT molecular complexity index is 624. The molecule has 1 aromatic rings. The number of nitrogens with one attached hydrogen (secondary N) is 1. The number of nitro benzene ring substituents is 1. The van der Waals surface area contributed by atoms with Crippen molar-refractivity contribution in [2.45, 2.75) is 37.1 Å². The van der Waals surface area contributed by atoms with Gasteiger partial charge < -0.3 is 10.5 Å². The Hall–Kier alpha value is -1.42. The van der Waals surface area contributed by atoms with Crippen molar-refractivity contribution in [1.29, 1.82) is 0 Å². The van der Waals surface area contributed by atoms with Crippen molar-refractivity contribution in [2.24, 2.45) is 5.73 Å². The number of rotatable bonds is 9. The van der Waals surface area contributed by atoms with E-state index in [9.17, 15) is 18.5 Å². The number of benzene rings is 1. The minimum Gasteiger partial charge on any atom is -0.495 e. The van der Waals surface area contributed by atoms with E-state index < -0.39 is 21.0 Å². The summed E-state index contributed by atoms with van der Waals surface area (Å²) < 4.78 is 32.4. The topological polar surface area (TPSA) is 125 Å². The molecule has 0 aliphatic heterocycles. The molecule has 0 spiro atoms. The molecule has 0 radical (unpaired) electrons. The summed E-state index contributed by atoms with van der Waals surface area (Å²) in [5.74, 6) is 0.0457. The molecule has 1 aromatic carbocycles. The first-order chi connectivity index (χ1) is 10.4. The maximum atomic E-state index is 12.4. The van der Waals surface area contributed by atoms with Gasteiger partial charge in [-0.25, -0.2) is 13.1 Å². The number of non-ortho nitro benzene ring substituents is 1. The molecule has 0 aromatic heterocycles. The van der Waals surface area contributed by atoms with Crippen LogP contribution in [0, 0.1) is 10.1 Å². The fourth-order valence-corrected chi connectivity index (χ4v) is 3.42. The van der Waals surface area contributed by atoms with Crippen LogP contribution in [0.25, 0.3) is 0 Å². The van der Waals surface area contributed by atoms with Crippen molar-refractivity contribution in [3.63, 3.8) is 0 Å². The van der Waals surface area contributed by atoms with Gasteiger partial charge in [-0.05, 0) is 12.5 Å². The number of methoxy groups -OCH3 is 1. The normalized spacial score (nSPS) is 12.3. The van der Waals surface area contributed by atoms with E-state index in [0.717, 1.165) is 18.9 Å². The molecule has 8 nitrogen and oxygen atoms in total. The summed E-state index contributed by atoms with van der Waals surface area (Å²) in [6.07, 6.45) is 2.35. The van der Waals surface area contributed by atoms with Gasteiger partial charge in [0.25, 0.3) is 5.69 Å². The quantitative estimate of drug-likeness (QED) is 0.506. The van der Waals surface area contributed by atoms with E-state index in [2.05, 4.69) is 4.72 Å². The monoisotopic (exact) mass is 367 g/mol. The van der Waals surface area contributed by atoms with Gasteiger partial charge in [0.15, 0.2) is 0 Å². The molecule has 1 unspecified atom stereocenters. The van der Waals surface area contributed by atoms with Crippen LogP contribution in [0.1, 0.15) is 26.2 Å².